The number of fused-ring (bicyclic) bond motifs is 1. The molecule has 4 atom stereocenters. The zero-order valence-electron chi connectivity index (χ0n) is 18.0. The van der Waals surface area contributed by atoms with E-state index >= 15 is 0 Å². The molecule has 11 heteroatoms. The molecule has 1 aromatic heterocycles. The van der Waals surface area contributed by atoms with Crippen LogP contribution in [0.5, 0.6) is 0 Å². The third kappa shape index (κ3) is 4.68. The molecule has 1 amide bonds. The number of ether oxygens (including phenoxy) is 1. The van der Waals surface area contributed by atoms with Crippen LogP contribution in [-0.2, 0) is 28.6 Å². The second-order valence-corrected chi connectivity index (χ2v) is 10.8. The van der Waals surface area contributed by atoms with Gasteiger partial charge >= 0.3 is 6.09 Å². The maximum absolute atomic E-state index is 14.6. The van der Waals surface area contributed by atoms with Crippen molar-refractivity contribution in [2.24, 2.45) is 0 Å². The molecule has 0 saturated carbocycles. The molecule has 32 heavy (non-hydrogen) atoms. The standard InChI is InChI=1S/C21H25F3N4O3S/c1-21(2,3)31-20(29)26-16-6-13(28-8-11-7-25-27-17(11)9-28)10-32(30)19(16)14-4-12(22)5-15(23)18(14)24/h4-5,7,13,16,19H,6,8-10H2,1-3H3,(H,25,27)(H,26,29)/t13-,16?,19?,32+/m1/s1. The summed E-state index contributed by atoms with van der Waals surface area (Å²) in [7, 11) is -1.72. The van der Waals surface area contributed by atoms with Crippen LogP contribution in [0, 0.1) is 17.5 Å². The molecule has 0 bridgehead atoms. The first-order chi connectivity index (χ1) is 15.0. The minimum Gasteiger partial charge on any atom is -0.444 e. The van der Waals surface area contributed by atoms with Crippen molar-refractivity contribution in [3.05, 3.63) is 52.6 Å². The van der Waals surface area contributed by atoms with Gasteiger partial charge in [-0.05, 0) is 33.3 Å². The molecule has 1 saturated heterocycles. The maximum atomic E-state index is 14.6. The number of aromatic amines is 1. The molecule has 2 aliphatic heterocycles. The van der Waals surface area contributed by atoms with E-state index in [1.165, 1.54) is 0 Å². The van der Waals surface area contributed by atoms with Crippen molar-refractivity contribution in [1.29, 1.82) is 0 Å². The molecular weight excluding hydrogens is 445 g/mol. The third-order valence-corrected chi connectivity index (χ3v) is 7.48. The van der Waals surface area contributed by atoms with E-state index in [2.05, 4.69) is 20.4 Å². The predicted octanol–water partition coefficient (Wildman–Crippen LogP) is 3.30. The first kappa shape index (κ1) is 22.8. The summed E-state index contributed by atoms with van der Waals surface area (Å²) in [6, 6.07) is 0.235. The molecule has 0 radical (unpaired) electrons. The molecule has 3 heterocycles. The van der Waals surface area contributed by atoms with Gasteiger partial charge in [0.15, 0.2) is 11.6 Å². The number of hydrogen-bond acceptors (Lipinski definition) is 5. The maximum Gasteiger partial charge on any atom is 0.407 e. The van der Waals surface area contributed by atoms with Gasteiger partial charge in [-0.25, -0.2) is 18.0 Å². The van der Waals surface area contributed by atoms with Crippen molar-refractivity contribution in [3.63, 3.8) is 0 Å². The number of hydrogen-bond donors (Lipinski definition) is 2. The fraction of sp³-hybridized carbons (Fsp3) is 0.524. The van der Waals surface area contributed by atoms with Gasteiger partial charge in [-0.15, -0.1) is 0 Å². The normalized spacial score (nSPS) is 26.1. The van der Waals surface area contributed by atoms with Crippen LogP contribution in [0.25, 0.3) is 0 Å². The largest absolute Gasteiger partial charge is 0.444 e. The SMILES string of the molecule is CC(C)(C)OC(=O)NC1C[C@@H](N2Cc3cn[nH]c3C2)C[S@](=O)C1c1cc(F)cc(F)c1F. The van der Waals surface area contributed by atoms with Crippen LogP contribution in [0.4, 0.5) is 18.0 Å². The zero-order chi connectivity index (χ0) is 23.2. The Kier molecular flexibility index (Phi) is 6.06. The average Bonchev–Trinajstić information content (AvgIpc) is 3.25. The van der Waals surface area contributed by atoms with Crippen molar-refractivity contribution in [2.75, 3.05) is 5.75 Å². The fourth-order valence-corrected chi connectivity index (χ4v) is 6.23. The summed E-state index contributed by atoms with van der Waals surface area (Å²) in [5.74, 6) is -3.42. The minimum absolute atomic E-state index is 0.173. The highest BCUT2D eigenvalue weighted by molar-refractivity contribution is 7.85. The number of benzene rings is 1. The van der Waals surface area contributed by atoms with Gasteiger partial charge in [0.2, 0.25) is 0 Å². The van der Waals surface area contributed by atoms with Gasteiger partial charge in [-0.2, -0.15) is 5.10 Å². The van der Waals surface area contributed by atoms with Gasteiger partial charge in [0.1, 0.15) is 11.4 Å². The number of nitrogens with one attached hydrogen (secondary N) is 2. The minimum atomic E-state index is -1.72. The van der Waals surface area contributed by atoms with Crippen LogP contribution < -0.4 is 5.32 Å². The molecule has 2 N–H and O–H groups in total. The molecule has 2 aliphatic rings. The summed E-state index contributed by atoms with van der Waals surface area (Å²) in [6.07, 6.45) is 1.28. The molecule has 174 valence electrons. The summed E-state index contributed by atoms with van der Waals surface area (Å²) in [6.45, 7) is 6.25. The van der Waals surface area contributed by atoms with Crippen LogP contribution in [0.3, 0.4) is 0 Å². The Morgan fingerprint density at radius 1 is 1.28 bits per heavy atom. The van der Waals surface area contributed by atoms with E-state index in [1.54, 1.807) is 27.0 Å². The lowest BCUT2D eigenvalue weighted by Gasteiger charge is -2.40. The van der Waals surface area contributed by atoms with E-state index in [4.69, 9.17) is 4.74 Å². The van der Waals surface area contributed by atoms with Gasteiger partial charge in [-0.1, -0.05) is 0 Å². The lowest BCUT2D eigenvalue weighted by Crippen LogP contribution is -2.53. The predicted molar refractivity (Wildman–Crippen MR) is 111 cm³/mol. The van der Waals surface area contributed by atoms with Crippen molar-refractivity contribution in [1.82, 2.24) is 20.4 Å². The smallest absolute Gasteiger partial charge is 0.407 e. The molecule has 0 spiro atoms. The van der Waals surface area contributed by atoms with Gasteiger partial charge in [0.25, 0.3) is 0 Å². The average molecular weight is 471 g/mol. The summed E-state index contributed by atoms with van der Waals surface area (Å²) >= 11 is 0. The topological polar surface area (TPSA) is 87.3 Å². The quantitative estimate of drug-likeness (QED) is 0.673. The summed E-state index contributed by atoms with van der Waals surface area (Å²) < 4.78 is 61.1. The second kappa shape index (κ2) is 8.51. The van der Waals surface area contributed by atoms with Gasteiger partial charge in [0, 0.05) is 52.9 Å². The van der Waals surface area contributed by atoms with Crippen LogP contribution in [0.2, 0.25) is 0 Å². The lowest BCUT2D eigenvalue weighted by atomic mass is 9.97. The van der Waals surface area contributed by atoms with Gasteiger partial charge in [-0.3, -0.25) is 14.2 Å². The number of carbonyl (C=O) groups excluding carboxylic acids is 1. The molecule has 2 unspecified atom stereocenters. The second-order valence-electron chi connectivity index (χ2n) is 9.18. The fourth-order valence-electron chi connectivity index (χ4n) is 4.30. The third-order valence-electron chi connectivity index (χ3n) is 5.62. The lowest BCUT2D eigenvalue weighted by molar-refractivity contribution is 0.0487. The number of aromatic nitrogens is 2. The Bertz CT molecular complexity index is 1030. The zero-order valence-corrected chi connectivity index (χ0v) is 18.8. The number of H-pyrrole nitrogens is 1. The molecule has 7 nitrogen and oxygen atoms in total. The van der Waals surface area contributed by atoms with Gasteiger partial charge in [0.05, 0.1) is 23.2 Å². The van der Waals surface area contributed by atoms with Crippen molar-refractivity contribution in [3.8, 4) is 0 Å². The molecule has 2 aromatic rings. The molecule has 0 aliphatic carbocycles. The van der Waals surface area contributed by atoms with E-state index in [-0.39, 0.29) is 17.4 Å². The Labute approximate surface area is 186 Å². The molecule has 1 fully saturated rings. The van der Waals surface area contributed by atoms with E-state index in [0.29, 0.717) is 25.6 Å². The van der Waals surface area contributed by atoms with Crippen molar-refractivity contribution in [2.45, 2.75) is 63.2 Å². The van der Waals surface area contributed by atoms with E-state index in [9.17, 15) is 22.2 Å². The van der Waals surface area contributed by atoms with Crippen molar-refractivity contribution >= 4 is 16.9 Å². The molecular formula is C21H25F3N4O3S. The summed E-state index contributed by atoms with van der Waals surface area (Å²) in [5, 5.41) is 8.50. The number of carbonyl (C=O) groups is 1. The first-order valence-corrected chi connectivity index (χ1v) is 11.7. The van der Waals surface area contributed by atoms with Crippen LogP contribution in [0.1, 0.15) is 49.3 Å². The Hall–Kier alpha value is -2.40. The van der Waals surface area contributed by atoms with Crippen molar-refractivity contribution < 1.29 is 26.9 Å². The summed E-state index contributed by atoms with van der Waals surface area (Å²) in [5.41, 5.74) is 0.866. The Morgan fingerprint density at radius 3 is 2.72 bits per heavy atom. The number of nitrogens with zero attached hydrogens (tertiary/aromatic N) is 2. The number of alkyl carbamates (subject to hydrolysis) is 1. The first-order valence-electron chi connectivity index (χ1n) is 10.3. The highest BCUT2D eigenvalue weighted by Crippen LogP contribution is 2.37. The van der Waals surface area contributed by atoms with E-state index in [1.807, 2.05) is 0 Å². The Balaban J connectivity index is 1.62. The monoisotopic (exact) mass is 470 g/mol. The highest BCUT2D eigenvalue weighted by Gasteiger charge is 2.43. The number of halogens is 3. The van der Waals surface area contributed by atoms with Crippen LogP contribution >= 0.6 is 0 Å². The molecule has 1 aromatic carbocycles. The van der Waals surface area contributed by atoms with E-state index < -0.39 is 51.2 Å². The van der Waals surface area contributed by atoms with Crippen LogP contribution in [0.15, 0.2) is 18.3 Å². The highest BCUT2D eigenvalue weighted by atomic mass is 32.2. The van der Waals surface area contributed by atoms with Gasteiger partial charge < -0.3 is 10.1 Å². The number of rotatable bonds is 3. The summed E-state index contributed by atoms with van der Waals surface area (Å²) in [4.78, 5) is 14.6. The number of amides is 1. The van der Waals surface area contributed by atoms with Crippen LogP contribution in [-0.4, -0.2) is 48.8 Å². The Morgan fingerprint density at radius 2 is 2.03 bits per heavy atom. The molecule has 4 rings (SSSR count). The van der Waals surface area contributed by atoms with E-state index in [0.717, 1.165) is 17.3 Å².